The first-order chi connectivity index (χ1) is 19.2. The second-order valence-corrected chi connectivity index (χ2v) is 10.5. The smallest absolute Gasteiger partial charge is 0.262 e. The molecule has 40 heavy (non-hydrogen) atoms. The highest BCUT2D eigenvalue weighted by Gasteiger charge is 2.33. The number of nitrogens with zero attached hydrogens (tertiary/aromatic N) is 3. The zero-order valence-electron chi connectivity index (χ0n) is 23.6. The number of carbonyl (C=O) groups excluding carboxylic acids is 1. The standard InChI is InChI=1S/C33H37FN4O2/c1-22(2)30(37(19-9-18-35)32(39)26-16-14-23(3)15-17-26)31-36-24(4)29(27-12-8-13-28(34)20-27)33(40)38(31)21-25-10-6-5-7-11-25/h5-8,10-17,20,22,30H,9,18-19,21,35H2,1-4H3. The Morgan fingerprint density at radius 1 is 1.00 bits per heavy atom. The van der Waals surface area contributed by atoms with Gasteiger partial charge in [-0.15, -0.1) is 0 Å². The third-order valence-corrected chi connectivity index (χ3v) is 7.07. The van der Waals surface area contributed by atoms with E-state index in [1.807, 2.05) is 75.4 Å². The number of hydrogen-bond donors (Lipinski definition) is 1. The van der Waals surface area contributed by atoms with Crippen LogP contribution < -0.4 is 11.3 Å². The Morgan fingerprint density at radius 3 is 2.33 bits per heavy atom. The van der Waals surface area contributed by atoms with Crippen molar-refractivity contribution in [3.8, 4) is 11.1 Å². The minimum atomic E-state index is -0.503. The van der Waals surface area contributed by atoms with Gasteiger partial charge in [-0.3, -0.25) is 14.2 Å². The molecule has 0 aliphatic heterocycles. The first kappa shape index (κ1) is 28.9. The monoisotopic (exact) mass is 540 g/mol. The van der Waals surface area contributed by atoms with E-state index in [1.165, 1.54) is 12.1 Å². The molecule has 4 aromatic rings. The fraction of sp³-hybridized carbons (Fsp3) is 0.303. The summed E-state index contributed by atoms with van der Waals surface area (Å²) in [6, 6.07) is 22.7. The van der Waals surface area contributed by atoms with Crippen LogP contribution in [0.2, 0.25) is 0 Å². The van der Waals surface area contributed by atoms with Crippen LogP contribution >= 0.6 is 0 Å². The molecule has 6 nitrogen and oxygen atoms in total. The van der Waals surface area contributed by atoms with Crippen LogP contribution in [0.5, 0.6) is 0 Å². The lowest BCUT2D eigenvalue weighted by Gasteiger charge is -2.36. The number of amides is 1. The van der Waals surface area contributed by atoms with Gasteiger partial charge in [0.2, 0.25) is 0 Å². The zero-order chi connectivity index (χ0) is 28.8. The van der Waals surface area contributed by atoms with Crippen molar-refractivity contribution in [2.75, 3.05) is 13.1 Å². The summed E-state index contributed by atoms with van der Waals surface area (Å²) in [5.41, 5.74) is 9.47. The molecule has 7 heteroatoms. The van der Waals surface area contributed by atoms with Gasteiger partial charge in [0.25, 0.3) is 11.5 Å². The molecular formula is C33H37FN4O2. The van der Waals surface area contributed by atoms with E-state index in [0.29, 0.717) is 47.7 Å². The first-order valence-electron chi connectivity index (χ1n) is 13.7. The Kier molecular flexibility index (Phi) is 9.27. The van der Waals surface area contributed by atoms with Crippen molar-refractivity contribution in [2.45, 2.75) is 46.7 Å². The lowest BCUT2D eigenvalue weighted by Crippen LogP contribution is -2.42. The predicted molar refractivity (Wildman–Crippen MR) is 158 cm³/mol. The average Bonchev–Trinajstić information content (AvgIpc) is 2.93. The number of halogens is 1. The van der Waals surface area contributed by atoms with Crippen molar-refractivity contribution < 1.29 is 9.18 Å². The molecule has 2 N–H and O–H groups in total. The Morgan fingerprint density at radius 2 is 1.70 bits per heavy atom. The van der Waals surface area contributed by atoms with E-state index in [4.69, 9.17) is 10.7 Å². The van der Waals surface area contributed by atoms with Gasteiger partial charge in [-0.05, 0) is 68.1 Å². The molecule has 0 spiro atoms. The minimum Gasteiger partial charge on any atom is -0.330 e. The lowest BCUT2D eigenvalue weighted by molar-refractivity contribution is 0.0602. The zero-order valence-corrected chi connectivity index (χ0v) is 23.6. The van der Waals surface area contributed by atoms with E-state index in [-0.39, 0.29) is 23.9 Å². The first-order valence-corrected chi connectivity index (χ1v) is 13.7. The van der Waals surface area contributed by atoms with Crippen molar-refractivity contribution in [3.05, 3.63) is 123 Å². The van der Waals surface area contributed by atoms with Crippen molar-refractivity contribution in [3.63, 3.8) is 0 Å². The van der Waals surface area contributed by atoms with Crippen LogP contribution in [-0.4, -0.2) is 33.4 Å². The summed E-state index contributed by atoms with van der Waals surface area (Å²) in [6.45, 7) is 8.89. The topological polar surface area (TPSA) is 81.2 Å². The van der Waals surface area contributed by atoms with E-state index in [9.17, 15) is 14.0 Å². The molecule has 0 saturated heterocycles. The van der Waals surface area contributed by atoms with Crippen LogP contribution in [0.1, 0.15) is 59.3 Å². The number of aryl methyl sites for hydroxylation is 2. The molecule has 1 unspecified atom stereocenters. The third kappa shape index (κ3) is 6.37. The van der Waals surface area contributed by atoms with Gasteiger partial charge < -0.3 is 10.6 Å². The van der Waals surface area contributed by atoms with Gasteiger partial charge in [-0.1, -0.05) is 74.0 Å². The summed E-state index contributed by atoms with van der Waals surface area (Å²) in [4.78, 5) is 35.0. The van der Waals surface area contributed by atoms with E-state index in [2.05, 4.69) is 0 Å². The van der Waals surface area contributed by atoms with E-state index < -0.39 is 11.9 Å². The number of aromatic nitrogens is 2. The van der Waals surface area contributed by atoms with Crippen LogP contribution in [0.25, 0.3) is 11.1 Å². The molecule has 0 saturated carbocycles. The average molecular weight is 541 g/mol. The number of nitrogens with two attached hydrogens (primary N) is 1. The fourth-order valence-corrected chi connectivity index (χ4v) is 5.09. The minimum absolute atomic E-state index is 0.0690. The molecule has 0 fully saturated rings. The summed E-state index contributed by atoms with van der Waals surface area (Å²) < 4.78 is 15.8. The maximum atomic E-state index is 14.2. The van der Waals surface area contributed by atoms with Crippen molar-refractivity contribution in [1.82, 2.24) is 14.5 Å². The molecule has 0 aliphatic carbocycles. The highest BCUT2D eigenvalue weighted by atomic mass is 19.1. The van der Waals surface area contributed by atoms with Crippen molar-refractivity contribution in [1.29, 1.82) is 0 Å². The highest BCUT2D eigenvalue weighted by molar-refractivity contribution is 5.94. The number of hydrogen-bond acceptors (Lipinski definition) is 4. The largest absolute Gasteiger partial charge is 0.330 e. The predicted octanol–water partition coefficient (Wildman–Crippen LogP) is 5.90. The Labute approximate surface area is 235 Å². The molecule has 4 rings (SSSR count). The van der Waals surface area contributed by atoms with Crippen molar-refractivity contribution >= 4 is 5.91 Å². The summed E-state index contributed by atoms with van der Waals surface area (Å²) in [5.74, 6) is -0.134. The van der Waals surface area contributed by atoms with Crippen LogP contribution in [-0.2, 0) is 6.54 Å². The number of benzene rings is 3. The van der Waals surface area contributed by atoms with Gasteiger partial charge in [-0.25, -0.2) is 9.37 Å². The molecule has 1 aromatic heterocycles. The molecule has 0 aliphatic rings. The van der Waals surface area contributed by atoms with E-state index in [0.717, 1.165) is 11.1 Å². The van der Waals surface area contributed by atoms with Gasteiger partial charge in [0, 0.05) is 12.1 Å². The summed E-state index contributed by atoms with van der Waals surface area (Å²) in [7, 11) is 0. The van der Waals surface area contributed by atoms with E-state index >= 15 is 0 Å². The molecule has 208 valence electrons. The Bertz CT molecular complexity index is 1510. The summed E-state index contributed by atoms with van der Waals surface area (Å²) in [6.07, 6.45) is 0.601. The molecule has 1 heterocycles. The van der Waals surface area contributed by atoms with Gasteiger partial charge in [0.15, 0.2) is 0 Å². The lowest BCUT2D eigenvalue weighted by atomic mass is 9.97. The SMILES string of the molecule is Cc1ccc(C(=O)N(CCCN)C(c2nc(C)c(-c3cccc(F)c3)c(=O)n2Cc2ccccc2)C(C)C)cc1. The normalized spacial score (nSPS) is 12.0. The van der Waals surface area contributed by atoms with Crippen LogP contribution in [0.4, 0.5) is 4.39 Å². The maximum Gasteiger partial charge on any atom is 0.262 e. The second kappa shape index (κ2) is 12.8. The number of rotatable bonds is 10. The van der Waals surface area contributed by atoms with E-state index in [1.54, 1.807) is 28.5 Å². The van der Waals surface area contributed by atoms with Gasteiger partial charge in [0.1, 0.15) is 11.6 Å². The Balaban J connectivity index is 1.94. The summed E-state index contributed by atoms with van der Waals surface area (Å²) in [5, 5.41) is 0. The molecule has 1 amide bonds. The third-order valence-electron chi connectivity index (χ3n) is 7.07. The van der Waals surface area contributed by atoms with Crippen LogP contribution in [0.3, 0.4) is 0 Å². The molecule has 0 radical (unpaired) electrons. The van der Waals surface area contributed by atoms with Crippen LogP contribution in [0, 0.1) is 25.6 Å². The number of carbonyl (C=O) groups is 1. The maximum absolute atomic E-state index is 14.2. The fourth-order valence-electron chi connectivity index (χ4n) is 5.09. The highest BCUT2D eigenvalue weighted by Crippen LogP contribution is 2.31. The quantitative estimate of drug-likeness (QED) is 0.271. The molecule has 0 bridgehead atoms. The van der Waals surface area contributed by atoms with Gasteiger partial charge in [0.05, 0.1) is 23.8 Å². The van der Waals surface area contributed by atoms with Crippen LogP contribution in [0.15, 0.2) is 83.7 Å². The molecular weight excluding hydrogens is 503 g/mol. The summed E-state index contributed by atoms with van der Waals surface area (Å²) >= 11 is 0. The van der Waals surface area contributed by atoms with Gasteiger partial charge in [-0.2, -0.15) is 0 Å². The Hall–Kier alpha value is -4.10. The second-order valence-electron chi connectivity index (χ2n) is 10.5. The molecule has 3 aromatic carbocycles. The van der Waals surface area contributed by atoms with Gasteiger partial charge >= 0.3 is 0 Å². The molecule has 1 atom stereocenters. The van der Waals surface area contributed by atoms with Crippen molar-refractivity contribution in [2.24, 2.45) is 11.7 Å².